The Balaban J connectivity index is 1.29. The van der Waals surface area contributed by atoms with Gasteiger partial charge in [-0.3, -0.25) is 0 Å². The van der Waals surface area contributed by atoms with Gasteiger partial charge in [-0.25, -0.2) is 0 Å². The molecule has 0 amide bonds. The summed E-state index contributed by atoms with van der Waals surface area (Å²) < 4.78 is 30.2. The summed E-state index contributed by atoms with van der Waals surface area (Å²) in [5, 5.41) is 4.80. The highest BCUT2D eigenvalue weighted by Gasteiger charge is 2.51. The summed E-state index contributed by atoms with van der Waals surface area (Å²) in [4.78, 5) is 2.20. The molecule has 0 saturated heterocycles. The van der Waals surface area contributed by atoms with Crippen LogP contribution in [0, 0.1) is 0 Å². The van der Waals surface area contributed by atoms with E-state index >= 15 is 4.57 Å². The maximum absolute atomic E-state index is 15.3. The van der Waals surface area contributed by atoms with Gasteiger partial charge in [0.15, 0.2) is 14.3 Å². The van der Waals surface area contributed by atoms with Crippen molar-refractivity contribution < 1.29 is 9.13 Å². The quantitative estimate of drug-likeness (QED) is 0.217. The first-order valence-corrected chi connectivity index (χ1v) is 17.1. The molecule has 0 fully saturated rings. The third kappa shape index (κ3) is 3.34. The second-order valence-corrected chi connectivity index (χ2v) is 15.8. The average molecular weight is 566 g/mol. The standard InChI is InChI=1S/C36H25NO2P2/c38-40(29-16-8-3-9-17-29)31-18-10-20-33-35(31)36-32(40)19-11-21-34(36)41(33,39)30-24-22-28(23-25-30)37(26-12-4-1-5-13-26)27-14-6-2-7-15-27/h1-25H. The highest BCUT2D eigenvalue weighted by molar-refractivity contribution is 7.89. The smallest absolute Gasteiger partial charge is 0.172 e. The third-order valence-electron chi connectivity index (χ3n) is 8.27. The lowest BCUT2D eigenvalue weighted by Crippen LogP contribution is -2.28. The highest BCUT2D eigenvalue weighted by atomic mass is 31.2. The van der Waals surface area contributed by atoms with Crippen LogP contribution in [0.3, 0.4) is 0 Å². The number of hydrogen-bond donors (Lipinski definition) is 0. The molecule has 2 heterocycles. The van der Waals surface area contributed by atoms with Crippen molar-refractivity contribution in [3.05, 3.63) is 152 Å². The Morgan fingerprint density at radius 2 is 0.683 bits per heavy atom. The van der Waals surface area contributed by atoms with E-state index in [2.05, 4.69) is 41.3 Å². The average Bonchev–Trinajstić information content (AvgIpc) is 3.47. The predicted octanol–water partition coefficient (Wildman–Crippen LogP) is 6.73. The molecule has 0 radical (unpaired) electrons. The molecule has 0 aromatic heterocycles. The fourth-order valence-corrected chi connectivity index (χ4v) is 12.8. The van der Waals surface area contributed by atoms with E-state index in [4.69, 9.17) is 0 Å². The fraction of sp³-hybridized carbons (Fsp3) is 0. The second kappa shape index (κ2) is 9.05. The van der Waals surface area contributed by atoms with E-state index < -0.39 is 14.3 Å². The maximum atomic E-state index is 15.3. The van der Waals surface area contributed by atoms with E-state index in [0.717, 1.165) is 60.0 Å². The van der Waals surface area contributed by atoms with Crippen LogP contribution in [0.2, 0.25) is 0 Å². The maximum Gasteiger partial charge on any atom is 0.172 e. The van der Waals surface area contributed by atoms with E-state index in [9.17, 15) is 4.57 Å². The third-order valence-corrected chi connectivity index (χ3v) is 14.5. The normalized spacial score (nSPS) is 14.9. The molecular weight excluding hydrogens is 540 g/mol. The SMILES string of the molecule is O=P1(c2ccccc2)c2cccc3c2-c2c1cccc2P3(=O)c1ccc(N(c2ccccc2)c2ccccc2)cc1. The molecule has 0 bridgehead atoms. The first-order chi connectivity index (χ1) is 20.1. The first kappa shape index (κ1) is 24.4. The van der Waals surface area contributed by atoms with Gasteiger partial charge in [0, 0.05) is 60.0 Å². The zero-order valence-corrected chi connectivity index (χ0v) is 23.9. The van der Waals surface area contributed by atoms with E-state index in [-0.39, 0.29) is 0 Å². The van der Waals surface area contributed by atoms with Crippen molar-refractivity contribution in [3.8, 4) is 11.1 Å². The molecule has 0 spiro atoms. The van der Waals surface area contributed by atoms with Gasteiger partial charge in [0.25, 0.3) is 0 Å². The van der Waals surface area contributed by atoms with Gasteiger partial charge in [0.1, 0.15) is 0 Å². The zero-order chi connectivity index (χ0) is 27.6. The van der Waals surface area contributed by atoms with Gasteiger partial charge < -0.3 is 14.0 Å². The summed E-state index contributed by atoms with van der Waals surface area (Å²) >= 11 is 0. The molecule has 196 valence electrons. The van der Waals surface area contributed by atoms with Crippen LogP contribution in [0.1, 0.15) is 0 Å². The lowest BCUT2D eigenvalue weighted by atomic mass is 10.1. The molecule has 0 unspecified atom stereocenters. The number of anilines is 3. The molecule has 3 nitrogen and oxygen atoms in total. The molecule has 0 saturated carbocycles. The summed E-state index contributed by atoms with van der Waals surface area (Å²) in [6, 6.07) is 50.1. The van der Waals surface area contributed by atoms with Crippen molar-refractivity contribution in [1.29, 1.82) is 0 Å². The van der Waals surface area contributed by atoms with Gasteiger partial charge in [0.2, 0.25) is 0 Å². The lowest BCUT2D eigenvalue weighted by Gasteiger charge is -2.26. The van der Waals surface area contributed by atoms with Crippen LogP contribution in [0.5, 0.6) is 0 Å². The second-order valence-electron chi connectivity index (χ2n) is 10.4. The van der Waals surface area contributed by atoms with Crippen molar-refractivity contribution in [2.45, 2.75) is 0 Å². The minimum absolute atomic E-state index is 0.785. The Bertz CT molecular complexity index is 1940. The molecule has 0 aliphatic carbocycles. The lowest BCUT2D eigenvalue weighted by molar-refractivity contribution is 0.592. The summed E-state index contributed by atoms with van der Waals surface area (Å²) in [5.74, 6) is 0. The monoisotopic (exact) mass is 565 g/mol. The summed E-state index contributed by atoms with van der Waals surface area (Å²) in [5.41, 5.74) is 4.91. The van der Waals surface area contributed by atoms with Gasteiger partial charge in [0.05, 0.1) is 0 Å². The van der Waals surface area contributed by atoms with E-state index in [1.807, 2.05) is 115 Å². The van der Waals surface area contributed by atoms with Crippen molar-refractivity contribution in [2.24, 2.45) is 0 Å². The zero-order valence-electron chi connectivity index (χ0n) is 22.1. The van der Waals surface area contributed by atoms with Gasteiger partial charge in [-0.2, -0.15) is 0 Å². The van der Waals surface area contributed by atoms with Crippen LogP contribution in [-0.2, 0) is 9.13 Å². The van der Waals surface area contributed by atoms with E-state index in [1.165, 1.54) is 0 Å². The molecule has 8 rings (SSSR count). The van der Waals surface area contributed by atoms with Gasteiger partial charge in [-0.05, 0) is 48.5 Å². The van der Waals surface area contributed by atoms with Gasteiger partial charge in [-0.1, -0.05) is 103 Å². The molecule has 5 heteroatoms. The molecule has 0 N–H and O–H groups in total. The van der Waals surface area contributed by atoms with Crippen molar-refractivity contribution in [1.82, 2.24) is 0 Å². The van der Waals surface area contributed by atoms with Crippen LogP contribution in [-0.4, -0.2) is 0 Å². The molecule has 6 aromatic rings. The first-order valence-electron chi connectivity index (χ1n) is 13.7. The van der Waals surface area contributed by atoms with Crippen LogP contribution < -0.4 is 36.7 Å². The van der Waals surface area contributed by atoms with Crippen LogP contribution in [0.4, 0.5) is 17.1 Å². The Hall–Kier alpha value is -4.42. The Kier molecular flexibility index (Phi) is 5.38. The van der Waals surface area contributed by atoms with Gasteiger partial charge >= 0.3 is 0 Å². The Morgan fingerprint density at radius 3 is 1.10 bits per heavy atom. The minimum Gasteiger partial charge on any atom is -0.311 e. The van der Waals surface area contributed by atoms with Crippen LogP contribution >= 0.6 is 14.3 Å². The Labute approximate surface area is 239 Å². The summed E-state index contributed by atoms with van der Waals surface area (Å²) in [7, 11) is -6.22. The minimum atomic E-state index is -3.17. The number of rotatable bonds is 5. The molecular formula is C36H25NO2P2. The fourth-order valence-electron chi connectivity index (χ4n) is 6.49. The summed E-state index contributed by atoms with van der Waals surface area (Å²) in [6.07, 6.45) is 0. The van der Waals surface area contributed by atoms with Crippen molar-refractivity contribution in [2.75, 3.05) is 4.90 Å². The van der Waals surface area contributed by atoms with Crippen molar-refractivity contribution >= 4 is 63.2 Å². The number of benzene rings is 6. The van der Waals surface area contributed by atoms with E-state index in [1.54, 1.807) is 0 Å². The number of para-hydroxylation sites is 2. The topological polar surface area (TPSA) is 37.4 Å². The summed E-state index contributed by atoms with van der Waals surface area (Å²) in [6.45, 7) is 0. The Morgan fingerprint density at radius 1 is 0.341 bits per heavy atom. The molecule has 41 heavy (non-hydrogen) atoms. The van der Waals surface area contributed by atoms with Gasteiger partial charge in [-0.15, -0.1) is 0 Å². The van der Waals surface area contributed by atoms with Crippen molar-refractivity contribution in [3.63, 3.8) is 0 Å². The number of hydrogen-bond acceptors (Lipinski definition) is 3. The largest absolute Gasteiger partial charge is 0.311 e. The number of nitrogens with zero attached hydrogens (tertiary/aromatic N) is 1. The van der Waals surface area contributed by atoms with E-state index in [0.29, 0.717) is 0 Å². The predicted molar refractivity (Wildman–Crippen MR) is 172 cm³/mol. The van der Waals surface area contributed by atoms with Crippen LogP contribution in [0.15, 0.2) is 152 Å². The highest BCUT2D eigenvalue weighted by Crippen LogP contribution is 2.60. The molecule has 2 aliphatic rings. The van der Waals surface area contributed by atoms with Crippen LogP contribution in [0.25, 0.3) is 11.1 Å². The molecule has 6 aromatic carbocycles. The molecule has 2 aliphatic heterocycles. The molecule has 0 atom stereocenters.